The Morgan fingerprint density at radius 3 is 2.31 bits per heavy atom. The molecule has 0 amide bonds. The van der Waals surface area contributed by atoms with Crippen LogP contribution >= 0.6 is 0 Å². The van der Waals surface area contributed by atoms with E-state index < -0.39 is 0 Å². The number of rotatable bonds is 1. The number of hydrogen-bond acceptors (Lipinski definition) is 2. The van der Waals surface area contributed by atoms with Crippen LogP contribution in [-0.4, -0.2) is 0 Å². The topological polar surface area (TPSA) is 50.7 Å². The van der Waals surface area contributed by atoms with E-state index in [1.165, 1.54) is 0 Å². The average Bonchev–Trinajstić information content (AvgIpc) is 2.04. The van der Waals surface area contributed by atoms with Crippen LogP contribution < -0.4 is 5.84 Å². The molecular formula is C10H15N3. The van der Waals surface area contributed by atoms with Crippen molar-refractivity contribution in [3.05, 3.63) is 29.8 Å². The van der Waals surface area contributed by atoms with Crippen molar-refractivity contribution in [3.8, 4) is 0 Å². The number of benzene rings is 1. The molecular weight excluding hydrogens is 162 g/mol. The van der Waals surface area contributed by atoms with Gasteiger partial charge in [-0.3, -0.25) is 0 Å². The first-order valence-corrected chi connectivity index (χ1v) is 4.26. The maximum atomic E-state index is 5.03. The molecule has 70 valence electrons. The Morgan fingerprint density at radius 2 is 1.77 bits per heavy atom. The number of hydrogen-bond donors (Lipinski definition) is 1. The van der Waals surface area contributed by atoms with Crippen LogP contribution in [0.5, 0.6) is 0 Å². The molecule has 0 fully saturated rings. The van der Waals surface area contributed by atoms with E-state index in [2.05, 4.69) is 31.1 Å². The summed E-state index contributed by atoms with van der Waals surface area (Å²) in [6, 6.07) is 7.89. The van der Waals surface area contributed by atoms with Crippen molar-refractivity contribution in [2.45, 2.75) is 26.2 Å². The number of nitrogens with two attached hydrogens (primary N) is 1. The molecule has 0 saturated carbocycles. The van der Waals surface area contributed by atoms with Crippen LogP contribution in [0.3, 0.4) is 0 Å². The third-order valence-corrected chi connectivity index (χ3v) is 1.88. The quantitative estimate of drug-likeness (QED) is 0.400. The van der Waals surface area contributed by atoms with Crippen molar-refractivity contribution in [2.75, 3.05) is 0 Å². The molecule has 0 aromatic heterocycles. The summed E-state index contributed by atoms with van der Waals surface area (Å²) in [5, 5.41) is 7.18. The highest BCUT2D eigenvalue weighted by Crippen LogP contribution is 2.30. The molecule has 3 heteroatoms. The fourth-order valence-electron chi connectivity index (χ4n) is 1.26. The smallest absolute Gasteiger partial charge is 0.0911 e. The third-order valence-electron chi connectivity index (χ3n) is 1.88. The Kier molecular flexibility index (Phi) is 2.66. The second-order valence-corrected chi connectivity index (χ2v) is 3.98. The lowest BCUT2D eigenvalue weighted by Gasteiger charge is -2.20. The maximum absolute atomic E-state index is 5.03. The van der Waals surface area contributed by atoms with Crippen molar-refractivity contribution in [3.63, 3.8) is 0 Å². The SMILES string of the molecule is CC(C)(C)c1ccccc1N=NN. The predicted molar refractivity (Wildman–Crippen MR) is 53.8 cm³/mol. The van der Waals surface area contributed by atoms with Gasteiger partial charge in [-0.15, -0.1) is 5.11 Å². The molecule has 2 N–H and O–H groups in total. The van der Waals surface area contributed by atoms with Gasteiger partial charge in [0.15, 0.2) is 0 Å². The van der Waals surface area contributed by atoms with Gasteiger partial charge in [0.1, 0.15) is 0 Å². The summed E-state index contributed by atoms with van der Waals surface area (Å²) < 4.78 is 0. The monoisotopic (exact) mass is 177 g/mol. The summed E-state index contributed by atoms with van der Waals surface area (Å²) in [4.78, 5) is 0. The van der Waals surface area contributed by atoms with E-state index in [9.17, 15) is 0 Å². The fraction of sp³-hybridized carbons (Fsp3) is 0.400. The highest BCUT2D eigenvalue weighted by molar-refractivity contribution is 5.48. The van der Waals surface area contributed by atoms with Crippen LogP contribution in [0.15, 0.2) is 34.6 Å². The van der Waals surface area contributed by atoms with Crippen LogP contribution in [-0.2, 0) is 5.41 Å². The Morgan fingerprint density at radius 1 is 1.15 bits per heavy atom. The molecule has 13 heavy (non-hydrogen) atoms. The molecule has 1 rings (SSSR count). The summed E-state index contributed by atoms with van der Waals surface area (Å²) in [6.45, 7) is 6.41. The second kappa shape index (κ2) is 3.56. The van der Waals surface area contributed by atoms with E-state index in [0.29, 0.717) is 0 Å². The maximum Gasteiger partial charge on any atom is 0.0911 e. The highest BCUT2D eigenvalue weighted by atomic mass is 15.3. The van der Waals surface area contributed by atoms with Crippen molar-refractivity contribution in [1.82, 2.24) is 0 Å². The van der Waals surface area contributed by atoms with Gasteiger partial charge in [0.25, 0.3) is 0 Å². The zero-order chi connectivity index (χ0) is 9.90. The minimum absolute atomic E-state index is 0.0742. The molecule has 3 nitrogen and oxygen atoms in total. The van der Waals surface area contributed by atoms with E-state index in [0.717, 1.165) is 11.3 Å². The Bertz CT molecular complexity index is 310. The van der Waals surface area contributed by atoms with Crippen molar-refractivity contribution in [2.24, 2.45) is 16.2 Å². The van der Waals surface area contributed by atoms with Crippen molar-refractivity contribution < 1.29 is 0 Å². The second-order valence-electron chi connectivity index (χ2n) is 3.98. The number of nitrogens with zero attached hydrogens (tertiary/aromatic N) is 2. The Balaban J connectivity index is 3.20. The Labute approximate surface area is 78.6 Å². The first-order valence-electron chi connectivity index (χ1n) is 4.26. The molecule has 1 aromatic rings. The lowest BCUT2D eigenvalue weighted by Crippen LogP contribution is -2.10. The zero-order valence-electron chi connectivity index (χ0n) is 8.28. The zero-order valence-corrected chi connectivity index (χ0v) is 8.28. The summed E-state index contributed by atoms with van der Waals surface area (Å²) in [5.74, 6) is 5.03. The van der Waals surface area contributed by atoms with Gasteiger partial charge in [0.2, 0.25) is 0 Å². The van der Waals surface area contributed by atoms with E-state index in [4.69, 9.17) is 5.84 Å². The molecule has 0 aliphatic carbocycles. The van der Waals surface area contributed by atoms with Crippen molar-refractivity contribution in [1.29, 1.82) is 0 Å². The van der Waals surface area contributed by atoms with Crippen molar-refractivity contribution >= 4 is 5.69 Å². The Hall–Kier alpha value is -1.38. The first kappa shape index (κ1) is 9.71. The lowest BCUT2D eigenvalue weighted by atomic mass is 9.86. The van der Waals surface area contributed by atoms with Gasteiger partial charge in [-0.2, -0.15) is 0 Å². The van der Waals surface area contributed by atoms with E-state index in [1.807, 2.05) is 24.3 Å². The average molecular weight is 177 g/mol. The van der Waals surface area contributed by atoms with Gasteiger partial charge in [-0.05, 0) is 17.0 Å². The standard InChI is InChI=1S/C10H15N3/c1-10(2,3)8-6-4-5-7-9(8)12-13-11/h4-7H,1-3H3,(H2,11,12). The van der Waals surface area contributed by atoms with Crippen LogP contribution in [0, 0.1) is 0 Å². The normalized spacial score (nSPS) is 12.2. The third kappa shape index (κ3) is 2.28. The molecule has 0 aliphatic heterocycles. The highest BCUT2D eigenvalue weighted by Gasteiger charge is 2.16. The summed E-state index contributed by atoms with van der Waals surface area (Å²) in [7, 11) is 0. The molecule has 0 saturated heterocycles. The van der Waals surface area contributed by atoms with Gasteiger partial charge >= 0.3 is 0 Å². The molecule has 0 heterocycles. The van der Waals surface area contributed by atoms with Crippen LogP contribution in [0.2, 0.25) is 0 Å². The first-order chi connectivity index (χ1) is 6.05. The van der Waals surface area contributed by atoms with E-state index in [1.54, 1.807) is 0 Å². The van der Waals surface area contributed by atoms with Gasteiger partial charge < -0.3 is 5.84 Å². The molecule has 0 radical (unpaired) electrons. The minimum atomic E-state index is 0.0742. The largest absolute Gasteiger partial charge is 0.305 e. The van der Waals surface area contributed by atoms with Gasteiger partial charge in [0, 0.05) is 0 Å². The molecule has 1 aromatic carbocycles. The minimum Gasteiger partial charge on any atom is -0.305 e. The molecule has 0 aliphatic rings. The van der Waals surface area contributed by atoms with Gasteiger partial charge in [-0.25, -0.2) is 0 Å². The lowest BCUT2D eigenvalue weighted by molar-refractivity contribution is 0.590. The molecule has 0 atom stereocenters. The molecule has 0 spiro atoms. The van der Waals surface area contributed by atoms with Crippen LogP contribution in [0.25, 0.3) is 0 Å². The van der Waals surface area contributed by atoms with E-state index in [-0.39, 0.29) is 5.41 Å². The van der Waals surface area contributed by atoms with Crippen LogP contribution in [0.4, 0.5) is 5.69 Å². The van der Waals surface area contributed by atoms with E-state index >= 15 is 0 Å². The summed E-state index contributed by atoms with van der Waals surface area (Å²) >= 11 is 0. The predicted octanol–water partition coefficient (Wildman–Crippen LogP) is 2.94. The van der Waals surface area contributed by atoms with Gasteiger partial charge in [-0.1, -0.05) is 44.2 Å². The van der Waals surface area contributed by atoms with Crippen LogP contribution in [0.1, 0.15) is 26.3 Å². The molecule has 0 bridgehead atoms. The summed E-state index contributed by atoms with van der Waals surface area (Å²) in [6.07, 6.45) is 0. The fourth-order valence-corrected chi connectivity index (χ4v) is 1.26. The van der Waals surface area contributed by atoms with Gasteiger partial charge in [0.05, 0.1) is 5.69 Å². The molecule has 0 unspecified atom stereocenters. The summed E-state index contributed by atoms with van der Waals surface area (Å²) in [5.41, 5.74) is 2.08.